The van der Waals surface area contributed by atoms with Crippen LogP contribution < -0.4 is 10.1 Å². The van der Waals surface area contributed by atoms with E-state index in [1.54, 1.807) is 7.11 Å². The molecule has 2 aromatic carbocycles. The lowest BCUT2D eigenvalue weighted by molar-refractivity contribution is -0.121. The van der Waals surface area contributed by atoms with Crippen LogP contribution in [0.4, 0.5) is 0 Å². The Hall–Kier alpha value is -2.33. The number of nitrogens with one attached hydrogen (secondary N) is 1. The van der Waals surface area contributed by atoms with Gasteiger partial charge in [-0.15, -0.1) is 0 Å². The molecule has 0 saturated carbocycles. The van der Waals surface area contributed by atoms with Crippen LogP contribution in [0.1, 0.15) is 29.2 Å². The van der Waals surface area contributed by atoms with E-state index in [0.717, 1.165) is 17.7 Å². The van der Waals surface area contributed by atoms with Gasteiger partial charge in [-0.2, -0.15) is 0 Å². The fourth-order valence-electron chi connectivity index (χ4n) is 2.94. The lowest BCUT2D eigenvalue weighted by atomic mass is 10.0. The summed E-state index contributed by atoms with van der Waals surface area (Å²) in [5.41, 5.74) is 3.50. The predicted molar refractivity (Wildman–Crippen MR) is 102 cm³/mol. The Bertz CT molecular complexity index is 698. The van der Waals surface area contributed by atoms with E-state index < -0.39 is 0 Å². The Morgan fingerprint density at radius 1 is 1.16 bits per heavy atom. The van der Waals surface area contributed by atoms with E-state index in [1.807, 2.05) is 44.4 Å². The van der Waals surface area contributed by atoms with Gasteiger partial charge in [0.1, 0.15) is 5.75 Å². The summed E-state index contributed by atoms with van der Waals surface area (Å²) in [6, 6.07) is 16.3. The summed E-state index contributed by atoms with van der Waals surface area (Å²) in [7, 11) is 5.69. The summed E-state index contributed by atoms with van der Waals surface area (Å²) < 4.78 is 5.46. The van der Waals surface area contributed by atoms with Crippen LogP contribution in [-0.4, -0.2) is 38.6 Å². The van der Waals surface area contributed by atoms with Gasteiger partial charge < -0.3 is 15.0 Å². The van der Waals surface area contributed by atoms with Crippen LogP contribution in [0, 0.1) is 6.92 Å². The number of likely N-dealkylation sites (N-methyl/N-ethyl adjacent to an activating group) is 1. The van der Waals surface area contributed by atoms with Crippen molar-refractivity contribution in [2.24, 2.45) is 0 Å². The normalized spacial score (nSPS) is 12.0. The monoisotopic (exact) mass is 340 g/mol. The third kappa shape index (κ3) is 5.61. The molecule has 0 aromatic heterocycles. The van der Waals surface area contributed by atoms with E-state index in [0.29, 0.717) is 13.0 Å². The van der Waals surface area contributed by atoms with Gasteiger partial charge in [0.15, 0.2) is 0 Å². The molecule has 0 bridgehead atoms. The van der Waals surface area contributed by atoms with E-state index in [4.69, 9.17) is 4.74 Å². The van der Waals surface area contributed by atoms with Crippen molar-refractivity contribution in [3.05, 3.63) is 65.2 Å². The number of nitrogens with zero attached hydrogens (tertiary/aromatic N) is 1. The first-order chi connectivity index (χ1) is 12.0. The minimum absolute atomic E-state index is 0.0686. The molecule has 1 N–H and O–H groups in total. The quantitative estimate of drug-likeness (QED) is 0.801. The summed E-state index contributed by atoms with van der Waals surface area (Å²) in [6.07, 6.45) is 1.25. The number of hydrogen-bond donors (Lipinski definition) is 1. The van der Waals surface area contributed by atoms with Crippen LogP contribution in [0.15, 0.2) is 48.5 Å². The average molecular weight is 340 g/mol. The molecule has 0 radical (unpaired) electrons. The Balaban J connectivity index is 1.93. The second-order valence-electron chi connectivity index (χ2n) is 6.51. The highest BCUT2D eigenvalue weighted by molar-refractivity contribution is 5.76. The minimum Gasteiger partial charge on any atom is -0.496 e. The van der Waals surface area contributed by atoms with Crippen molar-refractivity contribution in [3.8, 4) is 5.75 Å². The summed E-state index contributed by atoms with van der Waals surface area (Å²) >= 11 is 0. The number of carbonyl (C=O) groups is 1. The molecule has 1 unspecified atom stereocenters. The molecule has 0 aliphatic rings. The first kappa shape index (κ1) is 19.0. The molecule has 4 heteroatoms. The van der Waals surface area contributed by atoms with Crippen LogP contribution in [0.3, 0.4) is 0 Å². The Morgan fingerprint density at radius 3 is 2.60 bits per heavy atom. The molecule has 0 saturated heterocycles. The van der Waals surface area contributed by atoms with E-state index in [9.17, 15) is 4.79 Å². The lowest BCUT2D eigenvalue weighted by Crippen LogP contribution is -2.34. The van der Waals surface area contributed by atoms with E-state index in [1.165, 1.54) is 11.1 Å². The van der Waals surface area contributed by atoms with Gasteiger partial charge in [-0.1, -0.05) is 48.0 Å². The second-order valence-corrected chi connectivity index (χ2v) is 6.51. The van der Waals surface area contributed by atoms with E-state index in [2.05, 4.69) is 35.3 Å². The number of para-hydroxylation sites is 1. The number of carbonyl (C=O) groups excluding carboxylic acids is 1. The highest BCUT2D eigenvalue weighted by Crippen LogP contribution is 2.27. The molecular formula is C21H28N2O2. The largest absolute Gasteiger partial charge is 0.496 e. The second kappa shape index (κ2) is 9.23. The Kier molecular flexibility index (Phi) is 7.02. The van der Waals surface area contributed by atoms with Crippen molar-refractivity contribution in [3.63, 3.8) is 0 Å². The van der Waals surface area contributed by atoms with Crippen LogP contribution in [0.2, 0.25) is 0 Å². The van der Waals surface area contributed by atoms with E-state index in [-0.39, 0.29) is 11.9 Å². The number of amides is 1. The molecule has 0 heterocycles. The van der Waals surface area contributed by atoms with Gasteiger partial charge in [0.05, 0.1) is 13.2 Å². The predicted octanol–water partition coefficient (Wildman–Crippen LogP) is 3.36. The SMILES string of the molecule is COc1ccccc1C(CNC(=O)CCc1cccc(C)c1)N(C)C. The Labute approximate surface area is 150 Å². The van der Waals surface area contributed by atoms with Gasteiger partial charge in [-0.25, -0.2) is 0 Å². The first-order valence-electron chi connectivity index (χ1n) is 8.63. The van der Waals surface area contributed by atoms with Crippen molar-refractivity contribution in [1.29, 1.82) is 0 Å². The maximum absolute atomic E-state index is 12.3. The number of methoxy groups -OCH3 is 1. The highest BCUT2D eigenvalue weighted by Gasteiger charge is 2.18. The van der Waals surface area contributed by atoms with Crippen LogP contribution in [-0.2, 0) is 11.2 Å². The standard InChI is InChI=1S/C21H28N2O2/c1-16-8-7-9-17(14-16)12-13-21(24)22-15-19(23(2)3)18-10-5-6-11-20(18)25-4/h5-11,14,19H,12-13,15H2,1-4H3,(H,22,24). The molecule has 0 spiro atoms. The summed E-state index contributed by atoms with van der Waals surface area (Å²) in [5, 5.41) is 3.06. The third-order valence-electron chi connectivity index (χ3n) is 4.34. The van der Waals surface area contributed by atoms with Gasteiger partial charge in [0.2, 0.25) is 5.91 Å². The molecule has 0 fully saturated rings. The van der Waals surface area contributed by atoms with Gasteiger partial charge in [-0.3, -0.25) is 4.79 Å². The van der Waals surface area contributed by atoms with Crippen LogP contribution >= 0.6 is 0 Å². The fourth-order valence-corrected chi connectivity index (χ4v) is 2.94. The zero-order valence-corrected chi connectivity index (χ0v) is 15.6. The molecule has 0 aliphatic heterocycles. The molecule has 1 atom stereocenters. The lowest BCUT2D eigenvalue weighted by Gasteiger charge is -2.26. The first-order valence-corrected chi connectivity index (χ1v) is 8.63. The van der Waals surface area contributed by atoms with Gasteiger partial charge in [0.25, 0.3) is 0 Å². The minimum atomic E-state index is 0.0686. The van der Waals surface area contributed by atoms with Crippen LogP contribution in [0.25, 0.3) is 0 Å². The van der Waals surface area contributed by atoms with Gasteiger partial charge in [-0.05, 0) is 39.1 Å². The molecule has 4 nitrogen and oxygen atoms in total. The van der Waals surface area contributed by atoms with Crippen molar-refractivity contribution in [2.45, 2.75) is 25.8 Å². The summed E-state index contributed by atoms with van der Waals surface area (Å²) in [4.78, 5) is 14.3. The zero-order chi connectivity index (χ0) is 18.2. The average Bonchev–Trinajstić information content (AvgIpc) is 2.60. The van der Waals surface area contributed by atoms with Crippen LogP contribution in [0.5, 0.6) is 5.75 Å². The van der Waals surface area contributed by atoms with Crippen molar-refractivity contribution < 1.29 is 9.53 Å². The fraction of sp³-hybridized carbons (Fsp3) is 0.381. The maximum Gasteiger partial charge on any atom is 0.220 e. The summed E-state index contributed by atoms with van der Waals surface area (Å²) in [6.45, 7) is 2.62. The number of ether oxygens (including phenoxy) is 1. The third-order valence-corrected chi connectivity index (χ3v) is 4.34. The molecule has 0 aliphatic carbocycles. The molecule has 25 heavy (non-hydrogen) atoms. The van der Waals surface area contributed by atoms with Gasteiger partial charge >= 0.3 is 0 Å². The smallest absolute Gasteiger partial charge is 0.220 e. The number of rotatable bonds is 8. The topological polar surface area (TPSA) is 41.6 Å². The molecule has 1 amide bonds. The number of aryl methyl sites for hydroxylation is 2. The van der Waals surface area contributed by atoms with Gasteiger partial charge in [0, 0.05) is 18.5 Å². The van der Waals surface area contributed by atoms with E-state index >= 15 is 0 Å². The number of hydrogen-bond acceptors (Lipinski definition) is 3. The molecular weight excluding hydrogens is 312 g/mol. The zero-order valence-electron chi connectivity index (χ0n) is 15.6. The van der Waals surface area contributed by atoms with Crippen molar-refractivity contribution in [1.82, 2.24) is 10.2 Å². The number of benzene rings is 2. The summed E-state index contributed by atoms with van der Waals surface area (Å²) in [5.74, 6) is 0.915. The van der Waals surface area contributed by atoms with Crippen molar-refractivity contribution >= 4 is 5.91 Å². The van der Waals surface area contributed by atoms with Crippen molar-refractivity contribution in [2.75, 3.05) is 27.7 Å². The molecule has 134 valence electrons. The maximum atomic E-state index is 12.3. The molecule has 2 rings (SSSR count). The highest BCUT2D eigenvalue weighted by atomic mass is 16.5. The molecule has 2 aromatic rings. The Morgan fingerprint density at radius 2 is 1.92 bits per heavy atom.